The lowest BCUT2D eigenvalue weighted by molar-refractivity contribution is 0.0634. The first-order valence-corrected chi connectivity index (χ1v) is 8.61. The lowest BCUT2D eigenvalue weighted by Gasteiger charge is -2.39. The molecule has 4 bridgehead atoms. The summed E-state index contributed by atoms with van der Waals surface area (Å²) in [4.78, 5) is 22.4. The van der Waals surface area contributed by atoms with Crippen molar-refractivity contribution in [2.24, 2.45) is 17.8 Å². The fraction of sp³-hybridized carbons (Fsp3) is 0.556. The Hall–Kier alpha value is -1.91. The summed E-state index contributed by atoms with van der Waals surface area (Å²) in [5.74, 6) is 1.77. The van der Waals surface area contributed by atoms with Crippen LogP contribution in [0.2, 0.25) is 0 Å². The number of hydrogen-bond acceptors (Lipinski definition) is 2. The van der Waals surface area contributed by atoms with E-state index in [0.29, 0.717) is 28.6 Å². The summed E-state index contributed by atoms with van der Waals surface area (Å²) < 4.78 is 13.9. The minimum absolute atomic E-state index is 0.0419. The molecule has 5 heteroatoms. The minimum Gasteiger partial charge on any atom is -0.344 e. The Kier molecular flexibility index (Phi) is 2.82. The van der Waals surface area contributed by atoms with Crippen LogP contribution in [0.3, 0.4) is 0 Å². The number of nitrogens with one attached hydrogen (secondary N) is 1. The van der Waals surface area contributed by atoms with Crippen LogP contribution in [-0.4, -0.2) is 33.4 Å². The van der Waals surface area contributed by atoms with Gasteiger partial charge in [0.15, 0.2) is 0 Å². The van der Waals surface area contributed by atoms with E-state index in [1.165, 1.54) is 37.7 Å². The van der Waals surface area contributed by atoms with E-state index in [4.69, 9.17) is 0 Å². The highest BCUT2D eigenvalue weighted by Gasteiger charge is 2.44. The maximum Gasteiger partial charge on any atom is 0.256 e. The summed E-state index contributed by atoms with van der Waals surface area (Å²) in [5.41, 5.74) is 1.58. The van der Waals surface area contributed by atoms with Crippen molar-refractivity contribution < 1.29 is 9.18 Å². The standard InChI is InChI=1S/C18H20FN3O/c19-13-6-15(17-16(7-13)20-9-21-17)18(23)22-8-12-2-10-1-11(3-12)5-14(22)4-10/h6-7,9-12,14H,1-5,8H2,(H,20,21). The predicted molar refractivity (Wildman–Crippen MR) is 84.4 cm³/mol. The van der Waals surface area contributed by atoms with Crippen molar-refractivity contribution in [3.8, 4) is 0 Å². The number of hydrogen-bond donors (Lipinski definition) is 1. The SMILES string of the molecule is O=C(c1cc(F)cc2[nH]cnc12)N1CC2CC3CC(C2)CC1C3. The smallest absolute Gasteiger partial charge is 0.256 e. The molecule has 2 aliphatic heterocycles. The maximum atomic E-state index is 13.9. The number of benzene rings is 1. The molecule has 2 unspecified atom stereocenters. The summed E-state index contributed by atoms with van der Waals surface area (Å²) in [6, 6.07) is 3.08. The number of carbonyl (C=O) groups is 1. The molecule has 23 heavy (non-hydrogen) atoms. The van der Waals surface area contributed by atoms with Crippen molar-refractivity contribution in [3.05, 3.63) is 29.8 Å². The van der Waals surface area contributed by atoms with Gasteiger partial charge in [0.1, 0.15) is 11.3 Å². The summed E-state index contributed by atoms with van der Waals surface area (Å²) in [7, 11) is 0. The van der Waals surface area contributed by atoms with E-state index in [2.05, 4.69) is 9.97 Å². The molecular weight excluding hydrogens is 293 g/mol. The molecule has 1 aromatic heterocycles. The number of imidazole rings is 1. The van der Waals surface area contributed by atoms with Gasteiger partial charge in [-0.3, -0.25) is 4.79 Å². The van der Waals surface area contributed by atoms with Crippen LogP contribution in [0.25, 0.3) is 11.0 Å². The first kappa shape index (κ1) is 13.5. The van der Waals surface area contributed by atoms with Gasteiger partial charge in [-0.15, -0.1) is 0 Å². The molecular formula is C18H20FN3O. The molecule has 0 radical (unpaired) electrons. The minimum atomic E-state index is -0.384. The zero-order valence-electron chi connectivity index (χ0n) is 13.0. The molecule has 2 saturated carbocycles. The largest absolute Gasteiger partial charge is 0.344 e. The highest BCUT2D eigenvalue weighted by Crippen LogP contribution is 2.47. The van der Waals surface area contributed by atoms with E-state index >= 15 is 0 Å². The zero-order valence-corrected chi connectivity index (χ0v) is 13.0. The molecule has 4 aliphatic rings. The number of nitrogens with zero attached hydrogens (tertiary/aromatic N) is 2. The van der Waals surface area contributed by atoms with Crippen molar-refractivity contribution in [2.75, 3.05) is 6.54 Å². The Morgan fingerprint density at radius 3 is 2.65 bits per heavy atom. The number of amides is 1. The Balaban J connectivity index is 1.56. The highest BCUT2D eigenvalue weighted by atomic mass is 19.1. The Morgan fingerprint density at radius 1 is 1.13 bits per heavy atom. The molecule has 120 valence electrons. The molecule has 2 atom stereocenters. The third-order valence-corrected chi connectivity index (χ3v) is 6.09. The summed E-state index contributed by atoms with van der Waals surface area (Å²) in [6.07, 6.45) is 7.64. The number of aromatic nitrogens is 2. The normalized spacial score (nSPS) is 32.5. The number of carbonyl (C=O) groups excluding carboxylic acids is 1. The highest BCUT2D eigenvalue weighted by molar-refractivity contribution is 6.05. The second-order valence-electron chi connectivity index (χ2n) is 7.64. The molecule has 6 rings (SSSR count). The van der Waals surface area contributed by atoms with E-state index in [9.17, 15) is 9.18 Å². The first-order valence-electron chi connectivity index (χ1n) is 8.61. The third-order valence-electron chi connectivity index (χ3n) is 6.09. The van der Waals surface area contributed by atoms with Crippen LogP contribution in [0, 0.1) is 23.6 Å². The van der Waals surface area contributed by atoms with Crippen LogP contribution in [0.4, 0.5) is 4.39 Å². The van der Waals surface area contributed by atoms with Gasteiger partial charge >= 0.3 is 0 Å². The molecule has 3 heterocycles. The molecule has 1 amide bonds. The van der Waals surface area contributed by atoms with E-state index < -0.39 is 0 Å². The Labute approximate surface area is 134 Å². The second kappa shape index (κ2) is 4.79. The topological polar surface area (TPSA) is 49.0 Å². The number of halogens is 1. The fourth-order valence-electron chi connectivity index (χ4n) is 5.37. The van der Waals surface area contributed by atoms with Gasteiger partial charge in [0.05, 0.1) is 17.4 Å². The van der Waals surface area contributed by atoms with Crippen LogP contribution in [0.5, 0.6) is 0 Å². The van der Waals surface area contributed by atoms with Crippen LogP contribution in [0.1, 0.15) is 42.5 Å². The van der Waals surface area contributed by atoms with Crippen molar-refractivity contribution in [1.82, 2.24) is 14.9 Å². The summed E-state index contributed by atoms with van der Waals surface area (Å²) >= 11 is 0. The molecule has 4 fully saturated rings. The number of rotatable bonds is 1. The molecule has 2 aliphatic carbocycles. The molecule has 1 aromatic carbocycles. The van der Waals surface area contributed by atoms with Gasteiger partial charge in [0, 0.05) is 12.6 Å². The van der Waals surface area contributed by atoms with Gasteiger partial charge in [0.2, 0.25) is 0 Å². The average molecular weight is 313 g/mol. The van der Waals surface area contributed by atoms with Crippen molar-refractivity contribution >= 4 is 16.9 Å². The van der Waals surface area contributed by atoms with E-state index in [1.807, 2.05) is 4.90 Å². The van der Waals surface area contributed by atoms with Crippen LogP contribution < -0.4 is 0 Å². The predicted octanol–water partition coefficient (Wildman–Crippen LogP) is 3.35. The van der Waals surface area contributed by atoms with Crippen LogP contribution in [0.15, 0.2) is 18.5 Å². The number of H-pyrrole nitrogens is 1. The van der Waals surface area contributed by atoms with E-state index in [0.717, 1.165) is 31.2 Å². The lowest BCUT2D eigenvalue weighted by atomic mass is 9.68. The Bertz CT molecular complexity index is 772. The van der Waals surface area contributed by atoms with Crippen molar-refractivity contribution in [1.29, 1.82) is 0 Å². The Morgan fingerprint density at radius 2 is 1.87 bits per heavy atom. The van der Waals surface area contributed by atoms with Crippen molar-refractivity contribution in [2.45, 2.75) is 38.1 Å². The molecule has 2 saturated heterocycles. The van der Waals surface area contributed by atoms with Gasteiger partial charge in [-0.05, 0) is 62.0 Å². The van der Waals surface area contributed by atoms with Crippen LogP contribution in [-0.2, 0) is 0 Å². The molecule has 4 nitrogen and oxygen atoms in total. The van der Waals surface area contributed by atoms with Gasteiger partial charge in [-0.2, -0.15) is 0 Å². The van der Waals surface area contributed by atoms with Gasteiger partial charge < -0.3 is 9.88 Å². The third kappa shape index (κ3) is 2.09. The monoisotopic (exact) mass is 313 g/mol. The van der Waals surface area contributed by atoms with Crippen LogP contribution >= 0.6 is 0 Å². The first-order chi connectivity index (χ1) is 11.2. The zero-order chi connectivity index (χ0) is 15.6. The quantitative estimate of drug-likeness (QED) is 0.877. The van der Waals surface area contributed by atoms with Gasteiger partial charge in [0.25, 0.3) is 5.91 Å². The lowest BCUT2D eigenvalue weighted by Crippen LogP contribution is -2.42. The maximum absolute atomic E-state index is 13.9. The van der Waals surface area contributed by atoms with E-state index in [1.54, 1.807) is 0 Å². The number of aromatic amines is 1. The second-order valence-corrected chi connectivity index (χ2v) is 7.64. The molecule has 2 aromatic rings. The fourth-order valence-corrected chi connectivity index (χ4v) is 5.37. The van der Waals surface area contributed by atoms with E-state index in [-0.39, 0.29) is 11.7 Å². The van der Waals surface area contributed by atoms with Gasteiger partial charge in [-0.1, -0.05) is 0 Å². The molecule has 1 N–H and O–H groups in total. The average Bonchev–Trinajstić information content (AvgIpc) is 2.89. The van der Waals surface area contributed by atoms with Crippen molar-refractivity contribution in [3.63, 3.8) is 0 Å². The summed E-state index contributed by atoms with van der Waals surface area (Å²) in [6.45, 7) is 0.832. The molecule has 0 spiro atoms. The van der Waals surface area contributed by atoms with Gasteiger partial charge in [-0.25, -0.2) is 9.37 Å². The summed E-state index contributed by atoms with van der Waals surface area (Å²) in [5, 5.41) is 0. The number of fused-ring (bicyclic) bond motifs is 2.